The topological polar surface area (TPSA) is 20.2 Å². The Kier molecular flexibility index (Phi) is 6.35. The van der Waals surface area contributed by atoms with Gasteiger partial charge in [0.25, 0.3) is 0 Å². The smallest absolute Gasteiger partial charge is 0.116 e. The SMILES string of the molecule is CCCCC(C(C)C)[C@H](O)CF. The van der Waals surface area contributed by atoms with Crippen LogP contribution in [-0.2, 0) is 0 Å². The highest BCUT2D eigenvalue weighted by molar-refractivity contribution is 4.71. The van der Waals surface area contributed by atoms with Gasteiger partial charge in [0.15, 0.2) is 0 Å². The van der Waals surface area contributed by atoms with Crippen molar-refractivity contribution in [1.29, 1.82) is 0 Å². The minimum Gasteiger partial charge on any atom is -0.390 e. The number of unbranched alkanes of at least 4 members (excludes halogenated alkanes) is 1. The Morgan fingerprint density at radius 2 is 1.92 bits per heavy atom. The molecule has 0 amide bonds. The lowest BCUT2D eigenvalue weighted by atomic mass is 9.86. The van der Waals surface area contributed by atoms with Crippen LogP contribution in [0.2, 0.25) is 0 Å². The monoisotopic (exact) mass is 176 g/mol. The average Bonchev–Trinajstić information content (AvgIpc) is 2.04. The molecular formula is C10H21FO. The summed E-state index contributed by atoms with van der Waals surface area (Å²) in [6, 6.07) is 0. The molecule has 1 unspecified atom stereocenters. The number of halogens is 1. The van der Waals surface area contributed by atoms with E-state index >= 15 is 0 Å². The third-order valence-electron chi connectivity index (χ3n) is 2.40. The molecule has 0 aromatic carbocycles. The van der Waals surface area contributed by atoms with E-state index in [1.807, 2.05) is 13.8 Å². The molecule has 12 heavy (non-hydrogen) atoms. The van der Waals surface area contributed by atoms with Gasteiger partial charge >= 0.3 is 0 Å². The molecule has 0 aliphatic rings. The first-order chi connectivity index (χ1) is 5.63. The van der Waals surface area contributed by atoms with Gasteiger partial charge in [0, 0.05) is 0 Å². The quantitative estimate of drug-likeness (QED) is 0.659. The van der Waals surface area contributed by atoms with Crippen LogP contribution in [0.15, 0.2) is 0 Å². The van der Waals surface area contributed by atoms with E-state index in [0.717, 1.165) is 19.3 Å². The molecule has 1 N–H and O–H groups in total. The third kappa shape index (κ3) is 4.05. The molecule has 2 atom stereocenters. The van der Waals surface area contributed by atoms with Crippen molar-refractivity contribution in [3.8, 4) is 0 Å². The second-order valence-electron chi connectivity index (χ2n) is 3.77. The predicted molar refractivity (Wildman–Crippen MR) is 49.8 cm³/mol. The van der Waals surface area contributed by atoms with Crippen LogP contribution in [0.1, 0.15) is 40.0 Å². The first-order valence-corrected chi connectivity index (χ1v) is 4.87. The van der Waals surface area contributed by atoms with Crippen LogP contribution in [0.25, 0.3) is 0 Å². The first-order valence-electron chi connectivity index (χ1n) is 4.87. The molecule has 0 aliphatic heterocycles. The summed E-state index contributed by atoms with van der Waals surface area (Å²) >= 11 is 0. The van der Waals surface area contributed by atoms with E-state index in [1.165, 1.54) is 0 Å². The first kappa shape index (κ1) is 11.9. The van der Waals surface area contributed by atoms with Crippen molar-refractivity contribution in [2.45, 2.75) is 46.1 Å². The number of hydrogen-bond acceptors (Lipinski definition) is 1. The maximum Gasteiger partial charge on any atom is 0.116 e. The van der Waals surface area contributed by atoms with E-state index in [2.05, 4.69) is 6.92 Å². The highest BCUT2D eigenvalue weighted by Crippen LogP contribution is 2.22. The summed E-state index contributed by atoms with van der Waals surface area (Å²) in [5.41, 5.74) is 0. The van der Waals surface area contributed by atoms with Crippen LogP contribution < -0.4 is 0 Å². The Bertz CT molecular complexity index is 104. The molecule has 0 saturated carbocycles. The molecule has 74 valence electrons. The molecule has 0 fully saturated rings. The standard InChI is InChI=1S/C10H21FO/c1-4-5-6-9(8(2)3)10(12)7-11/h8-10,12H,4-7H2,1-3H3/t9?,10-/m1/s1. The van der Waals surface area contributed by atoms with E-state index < -0.39 is 12.8 Å². The van der Waals surface area contributed by atoms with E-state index in [0.29, 0.717) is 5.92 Å². The van der Waals surface area contributed by atoms with Crippen LogP contribution >= 0.6 is 0 Å². The summed E-state index contributed by atoms with van der Waals surface area (Å²) in [6.45, 7) is 5.59. The zero-order valence-electron chi connectivity index (χ0n) is 8.39. The Labute approximate surface area is 75.0 Å². The zero-order chi connectivity index (χ0) is 9.56. The second-order valence-corrected chi connectivity index (χ2v) is 3.77. The highest BCUT2D eigenvalue weighted by Gasteiger charge is 2.21. The molecule has 0 aromatic rings. The Balaban J connectivity index is 3.85. The molecule has 0 aromatic heterocycles. The normalized spacial score (nSPS) is 16.5. The minimum absolute atomic E-state index is 0.134. The maximum atomic E-state index is 12.2. The van der Waals surface area contributed by atoms with E-state index in [1.54, 1.807) is 0 Å². The molecule has 1 nitrogen and oxygen atoms in total. The van der Waals surface area contributed by atoms with Crippen molar-refractivity contribution in [3.63, 3.8) is 0 Å². The maximum absolute atomic E-state index is 12.2. The lowest BCUT2D eigenvalue weighted by molar-refractivity contribution is 0.0525. The Morgan fingerprint density at radius 3 is 2.25 bits per heavy atom. The van der Waals surface area contributed by atoms with Crippen molar-refractivity contribution in [2.24, 2.45) is 11.8 Å². The van der Waals surface area contributed by atoms with Gasteiger partial charge in [-0.25, -0.2) is 4.39 Å². The van der Waals surface area contributed by atoms with Crippen molar-refractivity contribution >= 4 is 0 Å². The van der Waals surface area contributed by atoms with Crippen LogP contribution in [-0.4, -0.2) is 17.9 Å². The number of hydrogen-bond donors (Lipinski definition) is 1. The van der Waals surface area contributed by atoms with Crippen molar-refractivity contribution < 1.29 is 9.50 Å². The Morgan fingerprint density at radius 1 is 1.33 bits per heavy atom. The number of aliphatic hydroxyl groups is 1. The molecule has 0 aliphatic carbocycles. The fraction of sp³-hybridized carbons (Fsp3) is 1.00. The fourth-order valence-corrected chi connectivity index (χ4v) is 1.52. The van der Waals surface area contributed by atoms with Gasteiger partial charge in [-0.2, -0.15) is 0 Å². The summed E-state index contributed by atoms with van der Waals surface area (Å²) in [4.78, 5) is 0. The van der Waals surface area contributed by atoms with Gasteiger partial charge in [0.2, 0.25) is 0 Å². The van der Waals surface area contributed by atoms with Crippen molar-refractivity contribution in [1.82, 2.24) is 0 Å². The number of aliphatic hydroxyl groups excluding tert-OH is 1. The number of rotatable bonds is 6. The highest BCUT2D eigenvalue weighted by atomic mass is 19.1. The molecule has 0 spiro atoms. The summed E-state index contributed by atoms with van der Waals surface area (Å²) in [7, 11) is 0. The van der Waals surface area contributed by atoms with Gasteiger partial charge in [-0.15, -0.1) is 0 Å². The molecule has 0 bridgehead atoms. The predicted octanol–water partition coefficient (Wildman–Crippen LogP) is 2.78. The van der Waals surface area contributed by atoms with E-state index in [4.69, 9.17) is 0 Å². The molecule has 0 rings (SSSR count). The summed E-state index contributed by atoms with van der Waals surface area (Å²) in [5.74, 6) is 0.511. The van der Waals surface area contributed by atoms with Gasteiger partial charge < -0.3 is 5.11 Å². The Hall–Kier alpha value is -0.110. The van der Waals surface area contributed by atoms with Crippen LogP contribution in [0.4, 0.5) is 4.39 Å². The lowest BCUT2D eigenvalue weighted by Gasteiger charge is -2.24. The largest absolute Gasteiger partial charge is 0.390 e. The van der Waals surface area contributed by atoms with Crippen LogP contribution in [0.3, 0.4) is 0 Å². The second kappa shape index (κ2) is 6.41. The van der Waals surface area contributed by atoms with Gasteiger partial charge in [-0.05, 0) is 18.3 Å². The number of alkyl halides is 1. The average molecular weight is 176 g/mol. The van der Waals surface area contributed by atoms with Crippen molar-refractivity contribution in [2.75, 3.05) is 6.67 Å². The van der Waals surface area contributed by atoms with Crippen molar-refractivity contribution in [3.05, 3.63) is 0 Å². The third-order valence-corrected chi connectivity index (χ3v) is 2.40. The molecule has 2 heteroatoms. The zero-order valence-corrected chi connectivity index (χ0v) is 8.39. The van der Waals surface area contributed by atoms with Crippen LogP contribution in [0.5, 0.6) is 0 Å². The van der Waals surface area contributed by atoms with Gasteiger partial charge in [0.05, 0.1) is 6.10 Å². The molecular weight excluding hydrogens is 155 g/mol. The van der Waals surface area contributed by atoms with E-state index in [9.17, 15) is 9.50 Å². The van der Waals surface area contributed by atoms with Gasteiger partial charge in [0.1, 0.15) is 6.67 Å². The minimum atomic E-state index is -0.753. The molecule has 0 saturated heterocycles. The van der Waals surface area contributed by atoms with E-state index in [-0.39, 0.29) is 5.92 Å². The summed E-state index contributed by atoms with van der Waals surface area (Å²) < 4.78 is 12.2. The molecule has 0 heterocycles. The van der Waals surface area contributed by atoms with Crippen LogP contribution in [0, 0.1) is 11.8 Å². The molecule has 0 radical (unpaired) electrons. The fourth-order valence-electron chi connectivity index (χ4n) is 1.52. The summed E-state index contributed by atoms with van der Waals surface area (Å²) in [6.07, 6.45) is 2.39. The van der Waals surface area contributed by atoms with Gasteiger partial charge in [-0.1, -0.05) is 33.6 Å². The lowest BCUT2D eigenvalue weighted by Crippen LogP contribution is -2.26. The van der Waals surface area contributed by atoms with Gasteiger partial charge in [-0.3, -0.25) is 0 Å². The summed E-state index contributed by atoms with van der Waals surface area (Å²) in [5, 5.41) is 9.34.